The molecule has 0 aromatic heterocycles. The van der Waals surface area contributed by atoms with Crippen molar-refractivity contribution >= 4 is 13.7 Å². The summed E-state index contributed by atoms with van der Waals surface area (Å²) in [5.41, 5.74) is 0. The summed E-state index contributed by atoms with van der Waals surface area (Å²) in [6.07, 6.45) is 93.8. The van der Waals surface area contributed by atoms with E-state index in [4.69, 9.17) is 9.05 Å². The van der Waals surface area contributed by atoms with Crippen LogP contribution in [0.1, 0.15) is 425 Å². The topological polar surface area (TPSA) is 105 Å². The summed E-state index contributed by atoms with van der Waals surface area (Å²) in [4.78, 5) is 23.5. The average Bonchev–Trinajstić information content (AvgIpc) is 3.70. The molecular weight excluding hydrogens is 1100 g/mol. The molecule has 0 aliphatic heterocycles. The lowest BCUT2D eigenvalue weighted by Gasteiger charge is -2.25. The SMILES string of the molecule is CCCCCCCCCC/C=C\CCCCCCCCCCCCCCCCCCCCCCCCCCCCCC(=O)NC(COP(=O)(O)OCC[N+](C)(C)C)C(O)/C=C/CCCCCCCCCCCCCCCCCCCCCCCCCCC. The van der Waals surface area contributed by atoms with Gasteiger partial charge in [-0.1, -0.05) is 398 Å². The highest BCUT2D eigenvalue weighted by Gasteiger charge is 2.28. The van der Waals surface area contributed by atoms with E-state index in [0.717, 1.165) is 32.1 Å². The lowest BCUT2D eigenvalue weighted by atomic mass is 10.0. The first-order valence-electron chi connectivity index (χ1n) is 39.7. The second-order valence-corrected chi connectivity index (χ2v) is 30.3. The van der Waals surface area contributed by atoms with Crippen LogP contribution < -0.4 is 5.32 Å². The number of hydrogen-bond acceptors (Lipinski definition) is 5. The first-order chi connectivity index (χ1) is 43.0. The Bertz CT molecular complexity index is 1480. The summed E-state index contributed by atoms with van der Waals surface area (Å²) in [5.74, 6) is -0.166. The van der Waals surface area contributed by atoms with Gasteiger partial charge in [0.05, 0.1) is 39.9 Å². The number of hydrogen-bond donors (Lipinski definition) is 3. The third-order valence-corrected chi connectivity index (χ3v) is 19.6. The van der Waals surface area contributed by atoms with Crippen molar-refractivity contribution in [2.75, 3.05) is 40.9 Å². The number of unbranched alkanes of at least 4 members (excludes halogenated alkanes) is 60. The molecule has 0 saturated heterocycles. The highest BCUT2D eigenvalue weighted by molar-refractivity contribution is 7.47. The molecule has 3 N–H and O–H groups in total. The molecule has 88 heavy (non-hydrogen) atoms. The molecule has 0 heterocycles. The summed E-state index contributed by atoms with van der Waals surface area (Å²) in [5, 5.41) is 14.1. The lowest BCUT2D eigenvalue weighted by molar-refractivity contribution is -0.870. The number of phosphoric ester groups is 1. The third kappa shape index (κ3) is 72.4. The Morgan fingerprint density at radius 2 is 0.614 bits per heavy atom. The van der Waals surface area contributed by atoms with E-state index in [2.05, 4.69) is 31.3 Å². The number of aliphatic hydroxyl groups excluding tert-OH is 1. The van der Waals surface area contributed by atoms with Crippen LogP contribution in [0.5, 0.6) is 0 Å². The summed E-state index contributed by atoms with van der Waals surface area (Å²) >= 11 is 0. The molecule has 1 amide bonds. The van der Waals surface area contributed by atoms with Crippen LogP contribution in [0.25, 0.3) is 0 Å². The number of allylic oxidation sites excluding steroid dienone is 3. The van der Waals surface area contributed by atoms with E-state index >= 15 is 0 Å². The van der Waals surface area contributed by atoms with Crippen LogP contribution in [-0.4, -0.2) is 73.4 Å². The molecule has 3 unspecified atom stereocenters. The first kappa shape index (κ1) is 87.0. The van der Waals surface area contributed by atoms with E-state index in [0.29, 0.717) is 17.4 Å². The largest absolute Gasteiger partial charge is 0.472 e. The molecule has 524 valence electrons. The van der Waals surface area contributed by atoms with Crippen LogP contribution >= 0.6 is 7.82 Å². The minimum Gasteiger partial charge on any atom is -0.387 e. The van der Waals surface area contributed by atoms with Gasteiger partial charge < -0.3 is 19.8 Å². The minimum atomic E-state index is -4.35. The van der Waals surface area contributed by atoms with Crippen LogP contribution in [0.15, 0.2) is 24.3 Å². The number of phosphoric acid groups is 1. The molecule has 3 atom stereocenters. The van der Waals surface area contributed by atoms with Crippen molar-refractivity contribution in [2.45, 2.75) is 437 Å². The predicted molar refractivity (Wildman–Crippen MR) is 388 cm³/mol. The van der Waals surface area contributed by atoms with Crippen LogP contribution in [0.4, 0.5) is 0 Å². The van der Waals surface area contributed by atoms with Gasteiger partial charge in [-0.25, -0.2) is 4.57 Å². The smallest absolute Gasteiger partial charge is 0.387 e. The Morgan fingerprint density at radius 3 is 0.875 bits per heavy atom. The Labute approximate surface area is 551 Å². The summed E-state index contributed by atoms with van der Waals surface area (Å²) in [7, 11) is 1.60. The van der Waals surface area contributed by atoms with Crippen LogP contribution in [0.3, 0.4) is 0 Å². The zero-order valence-electron chi connectivity index (χ0n) is 60.3. The molecular formula is C79H158N2O6P+. The van der Waals surface area contributed by atoms with Gasteiger partial charge in [0.2, 0.25) is 5.91 Å². The maximum atomic E-state index is 13.1. The van der Waals surface area contributed by atoms with Gasteiger partial charge in [0, 0.05) is 6.42 Å². The minimum absolute atomic E-state index is 0.0650. The Hall–Kier alpha value is -1.02. The Morgan fingerprint density at radius 1 is 0.375 bits per heavy atom. The van der Waals surface area contributed by atoms with Crippen LogP contribution in [-0.2, 0) is 18.4 Å². The highest BCUT2D eigenvalue weighted by atomic mass is 31.2. The summed E-state index contributed by atoms with van der Waals surface area (Å²) in [6, 6.07) is -0.845. The number of quaternary nitrogens is 1. The number of carbonyl (C=O) groups excluding carboxylic acids is 1. The fourth-order valence-corrected chi connectivity index (χ4v) is 13.3. The standard InChI is InChI=1S/C79H157N2O6P/c1-6-8-10-12-14-16-18-20-22-24-26-28-30-32-34-35-36-37-38-39-40-41-42-43-44-45-47-49-51-53-55-57-59-61-63-65-67-69-71-73-79(83)80-77(76-87-88(84,85)86-75-74-81(3,4)5)78(82)72-70-68-66-64-62-60-58-56-54-52-50-48-46-33-31-29-27-25-23-21-19-17-15-13-11-9-7-2/h24,26,70,72,77-78,82H,6-23,25,27-69,71,73-76H2,1-5H3,(H-,80,83,84,85)/p+1/b26-24-,72-70+. The van der Waals surface area contributed by atoms with Crippen LogP contribution in [0.2, 0.25) is 0 Å². The van der Waals surface area contributed by atoms with Crippen molar-refractivity contribution in [1.82, 2.24) is 5.32 Å². The molecule has 0 aliphatic rings. The van der Waals surface area contributed by atoms with E-state index in [1.165, 1.54) is 372 Å². The van der Waals surface area contributed by atoms with Gasteiger partial charge in [-0.3, -0.25) is 13.8 Å². The number of aliphatic hydroxyl groups is 1. The first-order valence-corrected chi connectivity index (χ1v) is 41.2. The lowest BCUT2D eigenvalue weighted by Crippen LogP contribution is -2.45. The third-order valence-electron chi connectivity index (χ3n) is 18.7. The van der Waals surface area contributed by atoms with Crippen molar-refractivity contribution in [2.24, 2.45) is 0 Å². The number of amides is 1. The molecule has 9 heteroatoms. The second kappa shape index (κ2) is 70.3. The molecule has 0 fully saturated rings. The zero-order valence-corrected chi connectivity index (χ0v) is 61.2. The van der Waals surface area contributed by atoms with Crippen molar-refractivity contribution < 1.29 is 32.9 Å². The van der Waals surface area contributed by atoms with E-state index in [-0.39, 0.29) is 19.1 Å². The second-order valence-electron chi connectivity index (χ2n) is 28.8. The van der Waals surface area contributed by atoms with Gasteiger partial charge in [0.15, 0.2) is 0 Å². The Balaban J connectivity index is 3.91. The van der Waals surface area contributed by atoms with E-state index in [1.54, 1.807) is 6.08 Å². The quantitative estimate of drug-likeness (QED) is 0.0243. The Kier molecular flexibility index (Phi) is 69.5. The molecule has 0 aromatic rings. The molecule has 0 rings (SSSR count). The molecule has 0 saturated carbocycles. The molecule has 0 aliphatic carbocycles. The zero-order chi connectivity index (χ0) is 64.1. The number of rotatable bonds is 75. The number of nitrogens with zero attached hydrogens (tertiary/aromatic N) is 1. The van der Waals surface area contributed by atoms with E-state index < -0.39 is 20.0 Å². The van der Waals surface area contributed by atoms with Gasteiger partial charge >= 0.3 is 7.82 Å². The van der Waals surface area contributed by atoms with Gasteiger partial charge in [-0.05, 0) is 44.9 Å². The van der Waals surface area contributed by atoms with Crippen LogP contribution in [0, 0.1) is 0 Å². The van der Waals surface area contributed by atoms with Gasteiger partial charge in [-0.15, -0.1) is 0 Å². The monoisotopic (exact) mass is 1260 g/mol. The van der Waals surface area contributed by atoms with E-state index in [1.807, 2.05) is 27.2 Å². The molecule has 0 spiro atoms. The number of likely N-dealkylation sites (N-methyl/N-ethyl adjacent to an activating group) is 1. The van der Waals surface area contributed by atoms with Gasteiger partial charge in [-0.2, -0.15) is 0 Å². The van der Waals surface area contributed by atoms with Crippen molar-refractivity contribution in [3.8, 4) is 0 Å². The van der Waals surface area contributed by atoms with Crippen molar-refractivity contribution in [1.29, 1.82) is 0 Å². The number of carbonyl (C=O) groups is 1. The normalized spacial score (nSPS) is 13.6. The average molecular weight is 1260 g/mol. The number of nitrogens with one attached hydrogen (secondary N) is 1. The van der Waals surface area contributed by atoms with Gasteiger partial charge in [0.25, 0.3) is 0 Å². The fourth-order valence-electron chi connectivity index (χ4n) is 12.5. The predicted octanol–water partition coefficient (Wildman–Crippen LogP) is 25.8. The van der Waals surface area contributed by atoms with Crippen molar-refractivity contribution in [3.05, 3.63) is 24.3 Å². The fraction of sp³-hybridized carbons (Fsp3) is 0.937. The van der Waals surface area contributed by atoms with Gasteiger partial charge in [0.1, 0.15) is 13.2 Å². The molecule has 8 nitrogen and oxygen atoms in total. The van der Waals surface area contributed by atoms with Crippen molar-refractivity contribution in [3.63, 3.8) is 0 Å². The maximum absolute atomic E-state index is 13.1. The highest BCUT2D eigenvalue weighted by Crippen LogP contribution is 2.43. The van der Waals surface area contributed by atoms with E-state index in [9.17, 15) is 19.4 Å². The summed E-state index contributed by atoms with van der Waals surface area (Å²) in [6.45, 7) is 4.89. The molecule has 0 bridgehead atoms. The molecule has 0 aromatic carbocycles. The summed E-state index contributed by atoms with van der Waals surface area (Å²) < 4.78 is 23.9. The molecule has 0 radical (unpaired) electrons. The maximum Gasteiger partial charge on any atom is 0.472 e.